The Balaban J connectivity index is 2.38. The number of aryl methyl sites for hydroxylation is 1. The number of aromatic nitrogens is 2. The van der Waals surface area contributed by atoms with Crippen LogP contribution in [0.15, 0.2) is 29.0 Å². The molecule has 2 heterocycles. The van der Waals surface area contributed by atoms with Crippen LogP contribution in [-0.4, -0.2) is 9.78 Å². The average molecular weight is 212 g/mol. The van der Waals surface area contributed by atoms with Crippen molar-refractivity contribution in [3.05, 3.63) is 41.1 Å². The summed E-state index contributed by atoms with van der Waals surface area (Å²) in [5.74, 6) is 0. The molecule has 5 heteroatoms. The van der Waals surface area contributed by atoms with Crippen LogP contribution < -0.4 is 5.73 Å². The van der Waals surface area contributed by atoms with E-state index in [0.717, 1.165) is 11.3 Å². The van der Waals surface area contributed by atoms with Crippen LogP contribution in [0.2, 0.25) is 5.22 Å². The van der Waals surface area contributed by atoms with E-state index in [-0.39, 0.29) is 6.04 Å². The summed E-state index contributed by atoms with van der Waals surface area (Å²) in [4.78, 5) is 0. The molecule has 0 bridgehead atoms. The minimum absolute atomic E-state index is 0.297. The first-order valence-corrected chi connectivity index (χ1v) is 4.54. The molecule has 1 atom stereocenters. The van der Waals surface area contributed by atoms with Gasteiger partial charge in [0.1, 0.15) is 0 Å². The molecule has 2 N–H and O–H groups in total. The predicted octanol–water partition coefficient (Wildman–Crippen LogP) is 1.71. The Kier molecular flexibility index (Phi) is 2.31. The minimum atomic E-state index is -0.297. The minimum Gasteiger partial charge on any atom is -0.453 e. The standard InChI is InChI=1S/C9H10ClN3O/c1-13-7(2-4-12-13)8(11)6-3-5-14-9(6)10/h2-5,8H,11H2,1H3. The molecule has 0 saturated carbocycles. The fourth-order valence-corrected chi connectivity index (χ4v) is 1.61. The van der Waals surface area contributed by atoms with Crippen molar-refractivity contribution >= 4 is 11.6 Å². The van der Waals surface area contributed by atoms with Crippen molar-refractivity contribution in [2.75, 3.05) is 0 Å². The van der Waals surface area contributed by atoms with E-state index in [1.54, 1.807) is 16.9 Å². The molecule has 0 aliphatic rings. The number of furan rings is 1. The SMILES string of the molecule is Cn1nccc1C(N)c1ccoc1Cl. The summed E-state index contributed by atoms with van der Waals surface area (Å²) < 4.78 is 6.70. The first kappa shape index (κ1) is 9.30. The van der Waals surface area contributed by atoms with Crippen molar-refractivity contribution in [2.45, 2.75) is 6.04 Å². The molecule has 0 saturated heterocycles. The number of halogens is 1. The summed E-state index contributed by atoms with van der Waals surface area (Å²) in [6.07, 6.45) is 3.22. The lowest BCUT2D eigenvalue weighted by molar-refractivity contribution is 0.562. The summed E-state index contributed by atoms with van der Waals surface area (Å²) in [5.41, 5.74) is 7.67. The Hall–Kier alpha value is -1.26. The van der Waals surface area contributed by atoms with E-state index in [2.05, 4.69) is 5.10 Å². The van der Waals surface area contributed by atoms with Gasteiger partial charge in [-0.2, -0.15) is 5.10 Å². The summed E-state index contributed by atoms with van der Waals surface area (Å²) >= 11 is 5.83. The maximum absolute atomic E-state index is 6.00. The van der Waals surface area contributed by atoms with E-state index >= 15 is 0 Å². The van der Waals surface area contributed by atoms with E-state index in [4.69, 9.17) is 21.8 Å². The van der Waals surface area contributed by atoms with Crippen molar-refractivity contribution < 1.29 is 4.42 Å². The molecule has 2 rings (SSSR count). The molecule has 0 radical (unpaired) electrons. The summed E-state index contributed by atoms with van der Waals surface area (Å²) in [6, 6.07) is 3.32. The van der Waals surface area contributed by atoms with Gasteiger partial charge in [0.2, 0.25) is 0 Å². The number of hydrogen-bond acceptors (Lipinski definition) is 3. The Morgan fingerprint density at radius 1 is 1.57 bits per heavy atom. The molecule has 0 aromatic carbocycles. The Morgan fingerprint density at radius 2 is 2.36 bits per heavy atom. The van der Waals surface area contributed by atoms with Crippen LogP contribution in [-0.2, 0) is 7.05 Å². The van der Waals surface area contributed by atoms with Gasteiger partial charge in [0, 0.05) is 18.8 Å². The molecule has 0 amide bonds. The van der Waals surface area contributed by atoms with Crippen molar-refractivity contribution in [2.24, 2.45) is 12.8 Å². The van der Waals surface area contributed by atoms with Crippen LogP contribution in [0.25, 0.3) is 0 Å². The molecule has 2 aromatic rings. The van der Waals surface area contributed by atoms with Gasteiger partial charge >= 0.3 is 0 Å². The van der Waals surface area contributed by atoms with Crippen LogP contribution in [0.4, 0.5) is 0 Å². The van der Waals surface area contributed by atoms with Crippen molar-refractivity contribution in [3.63, 3.8) is 0 Å². The van der Waals surface area contributed by atoms with Crippen LogP contribution in [0, 0.1) is 0 Å². The van der Waals surface area contributed by atoms with Crippen LogP contribution >= 0.6 is 11.6 Å². The van der Waals surface area contributed by atoms with Gasteiger partial charge in [0.25, 0.3) is 0 Å². The summed E-state index contributed by atoms with van der Waals surface area (Å²) in [7, 11) is 1.84. The number of nitrogens with zero attached hydrogens (tertiary/aromatic N) is 2. The maximum atomic E-state index is 6.00. The molecule has 14 heavy (non-hydrogen) atoms. The lowest BCUT2D eigenvalue weighted by atomic mass is 10.1. The van der Waals surface area contributed by atoms with E-state index in [1.807, 2.05) is 13.1 Å². The molecular weight excluding hydrogens is 202 g/mol. The third-order valence-corrected chi connectivity index (χ3v) is 2.47. The first-order valence-electron chi connectivity index (χ1n) is 4.16. The zero-order valence-corrected chi connectivity index (χ0v) is 8.40. The van der Waals surface area contributed by atoms with Gasteiger partial charge in [-0.25, -0.2) is 0 Å². The second-order valence-corrected chi connectivity index (χ2v) is 3.35. The number of rotatable bonds is 2. The lowest BCUT2D eigenvalue weighted by Crippen LogP contribution is -2.15. The highest BCUT2D eigenvalue weighted by molar-refractivity contribution is 6.29. The van der Waals surface area contributed by atoms with Crippen molar-refractivity contribution in [1.82, 2.24) is 9.78 Å². The highest BCUT2D eigenvalue weighted by Crippen LogP contribution is 2.26. The van der Waals surface area contributed by atoms with Gasteiger partial charge in [-0.3, -0.25) is 4.68 Å². The number of hydrogen-bond donors (Lipinski definition) is 1. The van der Waals surface area contributed by atoms with E-state index in [1.165, 1.54) is 6.26 Å². The van der Waals surface area contributed by atoms with Gasteiger partial charge in [-0.15, -0.1) is 0 Å². The van der Waals surface area contributed by atoms with Gasteiger partial charge < -0.3 is 10.2 Å². The van der Waals surface area contributed by atoms with Gasteiger partial charge in [0.05, 0.1) is 18.0 Å². The van der Waals surface area contributed by atoms with Crippen molar-refractivity contribution in [3.8, 4) is 0 Å². The van der Waals surface area contributed by atoms with Gasteiger partial charge in [-0.05, 0) is 23.7 Å². The normalized spacial score (nSPS) is 13.1. The third kappa shape index (κ3) is 1.42. The first-order chi connectivity index (χ1) is 6.70. The summed E-state index contributed by atoms with van der Waals surface area (Å²) in [6.45, 7) is 0. The topological polar surface area (TPSA) is 57.0 Å². The van der Waals surface area contributed by atoms with E-state index in [0.29, 0.717) is 5.22 Å². The fourth-order valence-electron chi connectivity index (χ4n) is 1.38. The molecule has 0 spiro atoms. The number of nitrogens with two attached hydrogens (primary N) is 1. The van der Waals surface area contributed by atoms with E-state index in [9.17, 15) is 0 Å². The molecule has 0 fully saturated rings. The lowest BCUT2D eigenvalue weighted by Gasteiger charge is -2.09. The predicted molar refractivity (Wildman–Crippen MR) is 53.0 cm³/mol. The quantitative estimate of drug-likeness (QED) is 0.823. The molecule has 2 aromatic heterocycles. The van der Waals surface area contributed by atoms with Gasteiger partial charge in [-0.1, -0.05) is 0 Å². The average Bonchev–Trinajstić information content (AvgIpc) is 2.73. The smallest absolute Gasteiger partial charge is 0.198 e. The Morgan fingerprint density at radius 3 is 2.86 bits per heavy atom. The van der Waals surface area contributed by atoms with E-state index < -0.39 is 0 Å². The van der Waals surface area contributed by atoms with Gasteiger partial charge in [0.15, 0.2) is 5.22 Å². The van der Waals surface area contributed by atoms with Crippen LogP contribution in [0.3, 0.4) is 0 Å². The monoisotopic (exact) mass is 211 g/mol. The zero-order valence-electron chi connectivity index (χ0n) is 7.64. The molecular formula is C9H10ClN3O. The van der Waals surface area contributed by atoms with Crippen molar-refractivity contribution in [1.29, 1.82) is 0 Å². The highest BCUT2D eigenvalue weighted by Gasteiger charge is 2.17. The molecule has 74 valence electrons. The Bertz CT molecular complexity index is 394. The van der Waals surface area contributed by atoms with Crippen LogP contribution in [0.1, 0.15) is 17.3 Å². The zero-order chi connectivity index (χ0) is 10.1. The molecule has 0 aliphatic heterocycles. The highest BCUT2D eigenvalue weighted by atomic mass is 35.5. The largest absolute Gasteiger partial charge is 0.453 e. The van der Waals surface area contributed by atoms with Crippen LogP contribution in [0.5, 0.6) is 0 Å². The second kappa shape index (κ2) is 3.48. The molecule has 0 aliphatic carbocycles. The molecule has 4 nitrogen and oxygen atoms in total. The second-order valence-electron chi connectivity index (χ2n) is 3.01. The Labute approximate surface area is 86.3 Å². The molecule has 1 unspecified atom stereocenters. The fraction of sp³-hybridized carbons (Fsp3) is 0.222. The third-order valence-electron chi connectivity index (χ3n) is 2.16. The summed E-state index contributed by atoms with van der Waals surface area (Å²) in [5, 5.41) is 4.37. The maximum Gasteiger partial charge on any atom is 0.198 e.